The third kappa shape index (κ3) is 2.13. The predicted molar refractivity (Wildman–Crippen MR) is 68.5 cm³/mol. The molecule has 0 amide bonds. The normalized spacial score (nSPS) is 15.0. The van der Waals surface area contributed by atoms with Crippen molar-refractivity contribution in [3.63, 3.8) is 0 Å². The topological polar surface area (TPSA) is 55.6 Å². The van der Waals surface area contributed by atoms with E-state index in [1.54, 1.807) is 0 Å². The van der Waals surface area contributed by atoms with Gasteiger partial charge in [-0.05, 0) is 54.3 Å². The number of hydrogen-bond acceptors (Lipinski definition) is 4. The Kier molecular flexibility index (Phi) is 2.83. The number of rotatable bonds is 4. The van der Waals surface area contributed by atoms with Crippen LogP contribution in [0.4, 0.5) is 0 Å². The number of tetrazole rings is 1. The molecule has 0 bridgehead atoms. The molecule has 0 radical (unpaired) electrons. The van der Waals surface area contributed by atoms with E-state index in [-0.39, 0.29) is 0 Å². The Morgan fingerprint density at radius 2 is 2.17 bits per heavy atom. The highest BCUT2D eigenvalue weighted by atomic mass is 15.5. The first kappa shape index (κ1) is 11.3. The molecule has 5 heteroatoms. The van der Waals surface area contributed by atoms with Crippen LogP contribution in [0.2, 0.25) is 0 Å². The summed E-state index contributed by atoms with van der Waals surface area (Å²) < 4.78 is 1.83. The second kappa shape index (κ2) is 4.49. The summed E-state index contributed by atoms with van der Waals surface area (Å²) in [6.45, 7) is 4.93. The molecular formula is C13H17N5. The maximum absolute atomic E-state index is 4.10. The fourth-order valence-electron chi connectivity index (χ4n) is 1.99. The largest absolute Gasteiger partial charge is 0.307 e. The van der Waals surface area contributed by atoms with E-state index in [0.29, 0.717) is 6.04 Å². The van der Waals surface area contributed by atoms with Crippen molar-refractivity contribution in [1.82, 2.24) is 25.5 Å². The van der Waals surface area contributed by atoms with Crippen molar-refractivity contribution in [3.05, 3.63) is 35.2 Å². The third-order valence-electron chi connectivity index (χ3n) is 3.46. The van der Waals surface area contributed by atoms with Gasteiger partial charge in [0.15, 0.2) is 5.82 Å². The highest BCUT2D eigenvalue weighted by Gasteiger charge is 2.21. The molecule has 0 unspecified atom stereocenters. The molecule has 94 valence electrons. The van der Waals surface area contributed by atoms with Gasteiger partial charge in [-0.15, -0.1) is 5.10 Å². The predicted octanol–water partition coefficient (Wildman–Crippen LogP) is 1.53. The van der Waals surface area contributed by atoms with E-state index in [1.807, 2.05) is 10.7 Å². The summed E-state index contributed by atoms with van der Waals surface area (Å²) in [4.78, 5) is 0. The minimum absolute atomic E-state index is 0.661. The minimum Gasteiger partial charge on any atom is -0.307 e. The van der Waals surface area contributed by atoms with Crippen molar-refractivity contribution in [2.45, 2.75) is 39.3 Å². The van der Waals surface area contributed by atoms with Gasteiger partial charge in [-0.1, -0.05) is 12.1 Å². The van der Waals surface area contributed by atoms with Crippen molar-refractivity contribution < 1.29 is 0 Å². The molecule has 0 atom stereocenters. The van der Waals surface area contributed by atoms with E-state index in [0.717, 1.165) is 18.1 Å². The molecule has 18 heavy (non-hydrogen) atoms. The number of benzene rings is 1. The zero-order valence-electron chi connectivity index (χ0n) is 10.7. The molecule has 5 nitrogen and oxygen atoms in total. The molecule has 1 aromatic heterocycles. The smallest absolute Gasteiger partial charge is 0.170 e. The summed E-state index contributed by atoms with van der Waals surface area (Å²) >= 11 is 0. The summed E-state index contributed by atoms with van der Waals surface area (Å²) in [7, 11) is 0. The molecule has 0 aliphatic heterocycles. The number of aryl methyl sites for hydroxylation is 1. The first-order chi connectivity index (χ1) is 8.75. The van der Waals surface area contributed by atoms with Crippen LogP contribution in [0.3, 0.4) is 0 Å². The number of hydrogen-bond donors (Lipinski definition) is 1. The van der Waals surface area contributed by atoms with Gasteiger partial charge in [-0.2, -0.15) is 4.68 Å². The van der Waals surface area contributed by atoms with E-state index in [1.165, 1.54) is 24.0 Å². The number of aromatic nitrogens is 4. The molecule has 1 aromatic carbocycles. The van der Waals surface area contributed by atoms with Crippen molar-refractivity contribution >= 4 is 0 Å². The average Bonchev–Trinajstić information content (AvgIpc) is 3.08. The van der Waals surface area contributed by atoms with Gasteiger partial charge >= 0.3 is 0 Å². The fraction of sp³-hybridized carbons (Fsp3) is 0.462. The van der Waals surface area contributed by atoms with Gasteiger partial charge in [0.1, 0.15) is 0 Å². The fourth-order valence-corrected chi connectivity index (χ4v) is 1.99. The minimum atomic E-state index is 0.661. The molecule has 1 aliphatic carbocycles. The maximum atomic E-state index is 4.10. The third-order valence-corrected chi connectivity index (χ3v) is 3.46. The van der Waals surface area contributed by atoms with Gasteiger partial charge < -0.3 is 5.32 Å². The second-order valence-electron chi connectivity index (χ2n) is 4.88. The van der Waals surface area contributed by atoms with Crippen LogP contribution in [0, 0.1) is 13.8 Å². The van der Waals surface area contributed by atoms with Crippen LogP contribution in [-0.4, -0.2) is 26.2 Å². The average molecular weight is 243 g/mol. The van der Waals surface area contributed by atoms with E-state index < -0.39 is 0 Å². The van der Waals surface area contributed by atoms with Crippen LogP contribution >= 0.6 is 0 Å². The second-order valence-corrected chi connectivity index (χ2v) is 4.88. The van der Waals surface area contributed by atoms with Crippen LogP contribution in [0.15, 0.2) is 18.2 Å². The zero-order valence-corrected chi connectivity index (χ0v) is 10.7. The SMILES string of the molecule is Cc1cccc(-n2nnnc2CNC2CC2)c1C. The Morgan fingerprint density at radius 3 is 2.94 bits per heavy atom. The van der Waals surface area contributed by atoms with E-state index >= 15 is 0 Å². The van der Waals surface area contributed by atoms with Gasteiger partial charge in [0, 0.05) is 6.04 Å². The Balaban J connectivity index is 1.90. The Hall–Kier alpha value is -1.75. The first-order valence-corrected chi connectivity index (χ1v) is 6.33. The van der Waals surface area contributed by atoms with Gasteiger partial charge in [0.25, 0.3) is 0 Å². The lowest BCUT2D eigenvalue weighted by Gasteiger charge is -2.10. The van der Waals surface area contributed by atoms with Crippen molar-refractivity contribution in [1.29, 1.82) is 0 Å². The Labute approximate surface area is 106 Å². The van der Waals surface area contributed by atoms with Crippen molar-refractivity contribution in [3.8, 4) is 5.69 Å². The Morgan fingerprint density at radius 1 is 1.33 bits per heavy atom. The van der Waals surface area contributed by atoms with E-state index in [9.17, 15) is 0 Å². The lowest BCUT2D eigenvalue weighted by Crippen LogP contribution is -2.19. The molecule has 1 N–H and O–H groups in total. The van der Waals surface area contributed by atoms with Gasteiger partial charge in [-0.3, -0.25) is 0 Å². The molecule has 1 saturated carbocycles. The van der Waals surface area contributed by atoms with Crippen LogP contribution in [-0.2, 0) is 6.54 Å². The molecule has 1 fully saturated rings. The number of nitrogens with zero attached hydrogens (tertiary/aromatic N) is 4. The lowest BCUT2D eigenvalue weighted by molar-refractivity contribution is 0.637. The molecule has 2 aromatic rings. The monoisotopic (exact) mass is 243 g/mol. The van der Waals surface area contributed by atoms with E-state index in [2.05, 4.69) is 46.8 Å². The summed E-state index contributed by atoms with van der Waals surface area (Å²) in [6, 6.07) is 6.86. The van der Waals surface area contributed by atoms with Crippen molar-refractivity contribution in [2.75, 3.05) is 0 Å². The molecule has 1 heterocycles. The molecule has 0 saturated heterocycles. The Bertz CT molecular complexity index is 556. The van der Waals surface area contributed by atoms with E-state index in [4.69, 9.17) is 0 Å². The summed E-state index contributed by atoms with van der Waals surface area (Å²) in [5.41, 5.74) is 3.54. The maximum Gasteiger partial charge on any atom is 0.170 e. The van der Waals surface area contributed by atoms with Gasteiger partial charge in [0.2, 0.25) is 0 Å². The number of nitrogens with one attached hydrogen (secondary N) is 1. The molecular weight excluding hydrogens is 226 g/mol. The molecule has 1 aliphatic rings. The van der Waals surface area contributed by atoms with Crippen LogP contribution < -0.4 is 5.32 Å². The zero-order chi connectivity index (χ0) is 12.5. The summed E-state index contributed by atoms with van der Waals surface area (Å²) in [6.07, 6.45) is 2.54. The summed E-state index contributed by atoms with van der Waals surface area (Å²) in [5.74, 6) is 0.871. The lowest BCUT2D eigenvalue weighted by atomic mass is 10.1. The highest BCUT2D eigenvalue weighted by Crippen LogP contribution is 2.20. The van der Waals surface area contributed by atoms with Crippen LogP contribution in [0.1, 0.15) is 29.8 Å². The van der Waals surface area contributed by atoms with Crippen molar-refractivity contribution in [2.24, 2.45) is 0 Å². The van der Waals surface area contributed by atoms with Gasteiger partial charge in [-0.25, -0.2) is 0 Å². The van der Waals surface area contributed by atoms with Crippen LogP contribution in [0.25, 0.3) is 5.69 Å². The molecule has 3 rings (SSSR count). The first-order valence-electron chi connectivity index (χ1n) is 6.33. The highest BCUT2D eigenvalue weighted by molar-refractivity contribution is 5.44. The standard InChI is InChI=1S/C13H17N5/c1-9-4-3-5-12(10(9)2)18-13(15-16-17-18)8-14-11-6-7-11/h3-5,11,14H,6-8H2,1-2H3. The summed E-state index contributed by atoms with van der Waals surface area (Å²) in [5, 5.41) is 15.4. The van der Waals surface area contributed by atoms with Crippen LogP contribution in [0.5, 0.6) is 0 Å². The quantitative estimate of drug-likeness (QED) is 0.884. The van der Waals surface area contributed by atoms with Gasteiger partial charge in [0.05, 0.1) is 12.2 Å². The molecule has 0 spiro atoms.